The van der Waals surface area contributed by atoms with E-state index in [2.05, 4.69) is 20.2 Å². The lowest BCUT2D eigenvalue weighted by atomic mass is 10.1. The van der Waals surface area contributed by atoms with Gasteiger partial charge in [0.05, 0.1) is 24.3 Å². The smallest absolute Gasteiger partial charge is 0.280 e. The molecular formula is C19H23FN4O6S2. The predicted molar refractivity (Wildman–Crippen MR) is 116 cm³/mol. The highest BCUT2D eigenvalue weighted by molar-refractivity contribution is 7.89. The van der Waals surface area contributed by atoms with E-state index in [1.165, 1.54) is 31.4 Å². The number of oxime groups is 1. The summed E-state index contributed by atoms with van der Waals surface area (Å²) in [5, 5.41) is 5.94. The van der Waals surface area contributed by atoms with Crippen LogP contribution in [0.15, 0.2) is 40.5 Å². The first-order chi connectivity index (χ1) is 15.4. The number of methoxy groups -OCH3 is 1. The molecule has 0 bridgehead atoms. The minimum atomic E-state index is -3.72. The fourth-order valence-corrected chi connectivity index (χ4v) is 4.33. The van der Waals surface area contributed by atoms with Gasteiger partial charge in [-0.3, -0.25) is 10.1 Å². The van der Waals surface area contributed by atoms with Crippen LogP contribution in [-0.2, 0) is 29.1 Å². The number of carbonyl (C=O) groups excluding carboxylic acids is 1. The number of nitrogens with zero attached hydrogens (tertiary/aromatic N) is 2. The second-order valence-corrected chi connectivity index (χ2v) is 9.47. The monoisotopic (exact) mass is 486 g/mol. The summed E-state index contributed by atoms with van der Waals surface area (Å²) in [7, 11) is -2.18. The van der Waals surface area contributed by atoms with Crippen LogP contribution in [0.2, 0.25) is 0 Å². The summed E-state index contributed by atoms with van der Waals surface area (Å²) >= 11 is 0.667. The minimum absolute atomic E-state index is 0.0329. The van der Waals surface area contributed by atoms with E-state index in [0.717, 1.165) is 6.20 Å². The number of hydrogen-bond acceptors (Lipinski definition) is 9. The number of hydrogen-bond donors (Lipinski definition) is 2. The summed E-state index contributed by atoms with van der Waals surface area (Å²) < 4.78 is 50.6. The van der Waals surface area contributed by atoms with Gasteiger partial charge in [0.2, 0.25) is 10.0 Å². The van der Waals surface area contributed by atoms with Crippen molar-refractivity contribution in [1.82, 2.24) is 9.71 Å². The van der Waals surface area contributed by atoms with Gasteiger partial charge in [-0.2, -0.15) is 4.39 Å². The Kier molecular flexibility index (Phi) is 8.64. The van der Waals surface area contributed by atoms with Crippen molar-refractivity contribution in [2.24, 2.45) is 5.16 Å². The number of thiazole rings is 1. The molecule has 1 atom stereocenters. The Morgan fingerprint density at radius 1 is 1.38 bits per heavy atom. The van der Waals surface area contributed by atoms with Crippen LogP contribution in [0, 0.1) is 5.13 Å². The number of anilines is 1. The average Bonchev–Trinajstić information content (AvgIpc) is 3.43. The van der Waals surface area contributed by atoms with Gasteiger partial charge >= 0.3 is 0 Å². The average molecular weight is 487 g/mol. The first-order valence-electron chi connectivity index (χ1n) is 9.72. The zero-order chi connectivity index (χ0) is 23.0. The summed E-state index contributed by atoms with van der Waals surface area (Å²) in [6, 6.07) is 5.61. The SMILES string of the molecule is COCCCNS(=O)(=O)c1ccc(C(=NO[C@@H]2CCOC2)C(=O)Nc2ncc(F)s2)cc1. The van der Waals surface area contributed by atoms with E-state index in [-0.39, 0.29) is 28.4 Å². The van der Waals surface area contributed by atoms with E-state index in [1.807, 2.05) is 0 Å². The molecule has 10 nitrogen and oxygen atoms in total. The van der Waals surface area contributed by atoms with Gasteiger partial charge in [0.15, 0.2) is 22.1 Å². The van der Waals surface area contributed by atoms with Crippen molar-refractivity contribution in [3.63, 3.8) is 0 Å². The van der Waals surface area contributed by atoms with Crippen LogP contribution in [0.5, 0.6) is 0 Å². The normalized spacial score (nSPS) is 16.8. The first-order valence-corrected chi connectivity index (χ1v) is 12.0. The molecule has 0 aliphatic carbocycles. The van der Waals surface area contributed by atoms with Crippen LogP contribution in [0.1, 0.15) is 18.4 Å². The first kappa shape index (κ1) is 24.2. The Bertz CT molecular complexity index is 1040. The number of rotatable bonds is 11. The molecule has 1 aliphatic rings. The fourth-order valence-electron chi connectivity index (χ4n) is 2.72. The van der Waals surface area contributed by atoms with Gasteiger partial charge in [0, 0.05) is 32.2 Å². The predicted octanol–water partition coefficient (Wildman–Crippen LogP) is 1.75. The maximum atomic E-state index is 13.2. The molecule has 32 heavy (non-hydrogen) atoms. The van der Waals surface area contributed by atoms with Gasteiger partial charge in [-0.1, -0.05) is 28.6 Å². The van der Waals surface area contributed by atoms with E-state index in [4.69, 9.17) is 14.3 Å². The fraction of sp³-hybridized carbons (Fsp3) is 0.421. The van der Waals surface area contributed by atoms with Gasteiger partial charge in [-0.25, -0.2) is 18.1 Å². The van der Waals surface area contributed by atoms with Crippen molar-refractivity contribution in [2.75, 3.05) is 38.8 Å². The Morgan fingerprint density at radius 3 is 2.78 bits per heavy atom. The van der Waals surface area contributed by atoms with Crippen molar-refractivity contribution in [3.05, 3.63) is 41.2 Å². The van der Waals surface area contributed by atoms with E-state index in [9.17, 15) is 17.6 Å². The molecule has 1 saturated heterocycles. The molecule has 2 heterocycles. The third-order valence-corrected chi connectivity index (χ3v) is 6.53. The molecule has 0 unspecified atom stereocenters. The van der Waals surface area contributed by atoms with Crippen molar-refractivity contribution < 1.29 is 31.9 Å². The Labute approximate surface area is 188 Å². The molecule has 1 aromatic heterocycles. The zero-order valence-electron chi connectivity index (χ0n) is 17.2. The van der Waals surface area contributed by atoms with E-state index in [1.54, 1.807) is 0 Å². The molecular weight excluding hydrogens is 463 g/mol. The Hall–Kier alpha value is -2.45. The summed E-state index contributed by atoms with van der Waals surface area (Å²) in [5.41, 5.74) is 0.210. The lowest BCUT2D eigenvalue weighted by Crippen LogP contribution is -2.26. The lowest BCUT2D eigenvalue weighted by molar-refractivity contribution is -0.110. The van der Waals surface area contributed by atoms with E-state index < -0.39 is 21.1 Å². The highest BCUT2D eigenvalue weighted by Gasteiger charge is 2.22. The number of amides is 1. The lowest BCUT2D eigenvalue weighted by Gasteiger charge is -2.11. The summed E-state index contributed by atoms with van der Waals surface area (Å²) in [5.74, 6) is -0.674. The van der Waals surface area contributed by atoms with Gasteiger partial charge in [0.25, 0.3) is 5.91 Å². The standard InChI is InChI=1S/C19H23FN4O6S2/c1-28-9-2-8-22-32(26,27)15-5-3-13(4-6-15)17(24-30-14-7-10-29-12-14)18(25)23-19-21-11-16(20)31-19/h3-6,11,14,22H,2,7-10,12H2,1H3,(H,21,23,25)/t14-/m1/s1. The molecule has 13 heteroatoms. The number of aromatic nitrogens is 1. The van der Waals surface area contributed by atoms with E-state index in [0.29, 0.717) is 49.6 Å². The molecule has 2 N–H and O–H groups in total. The summed E-state index contributed by atoms with van der Waals surface area (Å²) in [6.45, 7) is 1.55. The number of carbonyl (C=O) groups is 1. The van der Waals surface area contributed by atoms with Crippen LogP contribution in [-0.4, -0.2) is 64.6 Å². The molecule has 3 rings (SSSR count). The van der Waals surface area contributed by atoms with Gasteiger partial charge in [0.1, 0.15) is 0 Å². The molecule has 1 fully saturated rings. The molecule has 0 saturated carbocycles. The largest absolute Gasteiger partial charge is 0.389 e. The highest BCUT2D eigenvalue weighted by atomic mass is 32.2. The molecule has 0 radical (unpaired) electrons. The Morgan fingerprint density at radius 2 is 2.16 bits per heavy atom. The van der Waals surface area contributed by atoms with Gasteiger partial charge in [-0.05, 0) is 18.6 Å². The quantitative estimate of drug-likeness (QED) is 0.281. The van der Waals surface area contributed by atoms with Crippen LogP contribution >= 0.6 is 11.3 Å². The third-order valence-electron chi connectivity index (χ3n) is 4.35. The van der Waals surface area contributed by atoms with Gasteiger partial charge in [-0.15, -0.1) is 0 Å². The van der Waals surface area contributed by atoms with Crippen LogP contribution in [0.3, 0.4) is 0 Å². The molecule has 2 aromatic rings. The summed E-state index contributed by atoms with van der Waals surface area (Å²) in [6.07, 6.45) is 1.85. The van der Waals surface area contributed by atoms with Crippen molar-refractivity contribution in [1.29, 1.82) is 0 Å². The van der Waals surface area contributed by atoms with Crippen molar-refractivity contribution in [2.45, 2.75) is 23.8 Å². The van der Waals surface area contributed by atoms with Crippen molar-refractivity contribution in [3.8, 4) is 0 Å². The molecule has 1 amide bonds. The highest BCUT2D eigenvalue weighted by Crippen LogP contribution is 2.18. The number of halogens is 1. The molecule has 174 valence electrons. The molecule has 1 aromatic carbocycles. The molecule has 0 spiro atoms. The maximum Gasteiger partial charge on any atom is 0.280 e. The van der Waals surface area contributed by atoms with Gasteiger partial charge < -0.3 is 14.3 Å². The zero-order valence-corrected chi connectivity index (χ0v) is 18.9. The topological polar surface area (TPSA) is 128 Å². The Balaban J connectivity index is 1.77. The van der Waals surface area contributed by atoms with Crippen molar-refractivity contribution >= 4 is 38.1 Å². The second kappa shape index (κ2) is 11.4. The number of sulfonamides is 1. The number of ether oxygens (including phenoxy) is 2. The van der Waals surface area contributed by atoms with Crippen LogP contribution < -0.4 is 10.0 Å². The third kappa shape index (κ3) is 6.77. The number of benzene rings is 1. The maximum absolute atomic E-state index is 13.2. The van der Waals surface area contributed by atoms with Crippen LogP contribution in [0.25, 0.3) is 0 Å². The summed E-state index contributed by atoms with van der Waals surface area (Å²) in [4.78, 5) is 22.0. The minimum Gasteiger partial charge on any atom is -0.389 e. The van der Waals surface area contributed by atoms with E-state index >= 15 is 0 Å². The van der Waals surface area contributed by atoms with Crippen LogP contribution in [0.4, 0.5) is 9.52 Å². The second-order valence-electron chi connectivity index (χ2n) is 6.72. The molecule has 1 aliphatic heterocycles. The number of nitrogens with one attached hydrogen (secondary N) is 2.